The summed E-state index contributed by atoms with van der Waals surface area (Å²) in [6.45, 7) is 1.29. The second-order valence-electron chi connectivity index (χ2n) is 9.94. The van der Waals surface area contributed by atoms with Gasteiger partial charge in [-0.2, -0.15) is 0 Å². The van der Waals surface area contributed by atoms with Crippen molar-refractivity contribution in [3.05, 3.63) is 65.2 Å². The molecule has 2 aromatic rings. The number of aliphatic imine (C=N–C) groups is 1. The summed E-state index contributed by atoms with van der Waals surface area (Å²) in [7, 11) is 2.20. The first-order valence-electron chi connectivity index (χ1n) is 12.6. The van der Waals surface area contributed by atoms with E-state index in [0.717, 1.165) is 24.2 Å². The van der Waals surface area contributed by atoms with E-state index in [9.17, 15) is 14.4 Å². The number of rotatable bonds is 6. The number of benzene rings is 2. The van der Waals surface area contributed by atoms with Crippen LogP contribution in [-0.4, -0.2) is 52.9 Å². The van der Waals surface area contributed by atoms with Crippen LogP contribution in [0.2, 0.25) is 0 Å². The number of hydrogen-bond acceptors (Lipinski definition) is 5. The van der Waals surface area contributed by atoms with Crippen molar-refractivity contribution >= 4 is 29.6 Å². The Kier molecular flexibility index (Phi) is 6.77. The van der Waals surface area contributed by atoms with Gasteiger partial charge in [-0.1, -0.05) is 43.2 Å². The number of amides is 3. The maximum Gasteiger partial charge on any atom is 0.255 e. The van der Waals surface area contributed by atoms with Crippen LogP contribution in [0.3, 0.4) is 0 Å². The van der Waals surface area contributed by atoms with E-state index in [2.05, 4.69) is 47.7 Å². The molecule has 7 heteroatoms. The Balaban J connectivity index is 1.27. The highest BCUT2D eigenvalue weighted by atomic mass is 16.2. The molecule has 3 atom stereocenters. The van der Waals surface area contributed by atoms with Gasteiger partial charge >= 0.3 is 0 Å². The van der Waals surface area contributed by atoms with E-state index < -0.39 is 6.04 Å². The van der Waals surface area contributed by atoms with Crippen molar-refractivity contribution in [2.45, 2.75) is 63.7 Å². The van der Waals surface area contributed by atoms with Crippen LogP contribution in [0.15, 0.2) is 53.5 Å². The number of piperidine rings is 1. The second-order valence-corrected chi connectivity index (χ2v) is 9.94. The summed E-state index contributed by atoms with van der Waals surface area (Å²) in [5.74, 6) is -0.432. The third-order valence-corrected chi connectivity index (χ3v) is 7.54. The van der Waals surface area contributed by atoms with E-state index >= 15 is 0 Å². The molecule has 0 spiro atoms. The number of imide groups is 1. The maximum absolute atomic E-state index is 12.9. The third-order valence-electron chi connectivity index (χ3n) is 7.54. The second kappa shape index (κ2) is 10.1. The highest BCUT2D eigenvalue weighted by molar-refractivity contribution is 6.05. The van der Waals surface area contributed by atoms with Crippen LogP contribution in [0.5, 0.6) is 0 Å². The summed E-state index contributed by atoms with van der Waals surface area (Å²) in [5, 5.41) is 2.35. The van der Waals surface area contributed by atoms with Gasteiger partial charge in [0.1, 0.15) is 6.04 Å². The molecule has 1 N–H and O–H groups in total. The van der Waals surface area contributed by atoms with Gasteiger partial charge in [0.25, 0.3) is 5.91 Å². The predicted octanol–water partition coefficient (Wildman–Crippen LogP) is 3.84. The molecule has 5 rings (SSSR count). The Morgan fingerprint density at radius 2 is 1.86 bits per heavy atom. The van der Waals surface area contributed by atoms with Gasteiger partial charge in [-0.05, 0) is 55.6 Å². The minimum atomic E-state index is -0.595. The largest absolute Gasteiger partial charge is 0.322 e. The van der Waals surface area contributed by atoms with Crippen LogP contribution >= 0.6 is 0 Å². The van der Waals surface area contributed by atoms with E-state index in [-0.39, 0.29) is 24.1 Å². The molecule has 2 aliphatic heterocycles. The van der Waals surface area contributed by atoms with Crippen molar-refractivity contribution in [1.29, 1.82) is 0 Å². The fourth-order valence-electron chi connectivity index (χ4n) is 5.67. The average Bonchev–Trinajstić information content (AvgIpc) is 3.19. The lowest BCUT2D eigenvalue weighted by Gasteiger charge is -2.36. The van der Waals surface area contributed by atoms with Crippen molar-refractivity contribution in [3.8, 4) is 0 Å². The molecule has 7 nitrogen and oxygen atoms in total. The van der Waals surface area contributed by atoms with Gasteiger partial charge in [-0.25, -0.2) is 0 Å². The highest BCUT2D eigenvalue weighted by Crippen LogP contribution is 2.32. The Bertz CT molecular complexity index is 1150. The van der Waals surface area contributed by atoms with Crippen molar-refractivity contribution in [3.63, 3.8) is 0 Å². The standard InChI is InChI=1S/C28H32N4O3/c1-31(17-19-7-3-2-4-8-19)24-10-6-5-9-20(24)16-29-22-11-12-23-21(15-22)18-32(28(23)35)25-13-14-26(33)30-27(25)34/h2-4,7-8,11-12,15-16,20,24-25H,5-6,9-10,13-14,17-18H2,1H3,(H,30,33,34)/b29-16+/t20?,24-,25?/m0/s1. The molecular formula is C28H32N4O3. The first-order valence-corrected chi connectivity index (χ1v) is 12.6. The Morgan fingerprint density at radius 3 is 2.66 bits per heavy atom. The van der Waals surface area contributed by atoms with Crippen LogP contribution in [0.25, 0.3) is 0 Å². The molecule has 3 amide bonds. The summed E-state index contributed by atoms with van der Waals surface area (Å²) < 4.78 is 0. The van der Waals surface area contributed by atoms with E-state index in [4.69, 9.17) is 4.99 Å². The van der Waals surface area contributed by atoms with Gasteiger partial charge < -0.3 is 4.90 Å². The van der Waals surface area contributed by atoms with E-state index in [1.165, 1.54) is 24.8 Å². The van der Waals surface area contributed by atoms with E-state index in [1.807, 2.05) is 24.3 Å². The van der Waals surface area contributed by atoms with Crippen molar-refractivity contribution < 1.29 is 14.4 Å². The number of fused-ring (bicyclic) bond motifs is 1. The van der Waals surface area contributed by atoms with E-state index in [0.29, 0.717) is 30.5 Å². The molecule has 3 aliphatic rings. The Hall–Kier alpha value is -3.32. The van der Waals surface area contributed by atoms with Gasteiger partial charge in [0.05, 0.1) is 5.69 Å². The van der Waals surface area contributed by atoms with Crippen LogP contribution in [0.1, 0.15) is 60.0 Å². The van der Waals surface area contributed by atoms with Crippen molar-refractivity contribution in [2.24, 2.45) is 10.9 Å². The van der Waals surface area contributed by atoms with Gasteiger partial charge in [0, 0.05) is 43.2 Å². The molecule has 0 aromatic heterocycles. The summed E-state index contributed by atoms with van der Waals surface area (Å²) in [4.78, 5) is 45.5. The topological polar surface area (TPSA) is 82.1 Å². The molecule has 2 fully saturated rings. The van der Waals surface area contributed by atoms with Gasteiger partial charge in [0.2, 0.25) is 11.8 Å². The highest BCUT2D eigenvalue weighted by Gasteiger charge is 2.39. The minimum Gasteiger partial charge on any atom is -0.322 e. The smallest absolute Gasteiger partial charge is 0.255 e. The monoisotopic (exact) mass is 472 g/mol. The minimum absolute atomic E-state index is 0.153. The number of nitrogens with one attached hydrogen (secondary N) is 1. The lowest BCUT2D eigenvalue weighted by atomic mass is 9.84. The number of nitrogens with zero attached hydrogens (tertiary/aromatic N) is 3. The fourth-order valence-corrected chi connectivity index (χ4v) is 5.67. The van der Waals surface area contributed by atoms with Gasteiger partial charge in [0.15, 0.2) is 0 Å². The van der Waals surface area contributed by atoms with E-state index in [1.54, 1.807) is 4.90 Å². The molecule has 1 saturated heterocycles. The Morgan fingerprint density at radius 1 is 1.06 bits per heavy atom. The molecular weight excluding hydrogens is 440 g/mol. The molecule has 2 unspecified atom stereocenters. The number of carbonyl (C=O) groups is 3. The summed E-state index contributed by atoms with van der Waals surface area (Å²) in [5.41, 5.74) is 3.65. The van der Waals surface area contributed by atoms with Gasteiger partial charge in [-0.3, -0.25) is 29.6 Å². The van der Waals surface area contributed by atoms with Crippen LogP contribution in [-0.2, 0) is 22.7 Å². The SMILES string of the molecule is CN(Cc1ccccc1)[C@H]1CCCCC1/C=N/c1ccc2c(c1)CN(C1CCC(=O)NC1=O)C2=O. The zero-order valence-corrected chi connectivity index (χ0v) is 20.2. The molecule has 35 heavy (non-hydrogen) atoms. The summed E-state index contributed by atoms with van der Waals surface area (Å²) in [6.07, 6.45) is 7.47. The quantitative estimate of drug-likeness (QED) is 0.512. The molecule has 0 radical (unpaired) electrons. The van der Waals surface area contributed by atoms with Crippen LogP contribution in [0, 0.1) is 5.92 Å². The van der Waals surface area contributed by atoms with Crippen LogP contribution < -0.4 is 5.32 Å². The molecule has 0 bridgehead atoms. The summed E-state index contributed by atoms with van der Waals surface area (Å²) >= 11 is 0. The zero-order chi connectivity index (χ0) is 24.4. The first-order chi connectivity index (χ1) is 17.0. The van der Waals surface area contributed by atoms with Crippen molar-refractivity contribution in [1.82, 2.24) is 15.1 Å². The lowest BCUT2D eigenvalue weighted by molar-refractivity contribution is -0.136. The summed E-state index contributed by atoms with van der Waals surface area (Å²) in [6, 6.07) is 16.1. The average molecular weight is 473 g/mol. The molecule has 1 aliphatic carbocycles. The van der Waals surface area contributed by atoms with Gasteiger partial charge in [-0.15, -0.1) is 0 Å². The normalized spacial score (nSPS) is 24.8. The van der Waals surface area contributed by atoms with Crippen molar-refractivity contribution in [2.75, 3.05) is 7.05 Å². The zero-order valence-electron chi connectivity index (χ0n) is 20.2. The molecule has 2 aromatic carbocycles. The predicted molar refractivity (Wildman–Crippen MR) is 134 cm³/mol. The number of carbonyl (C=O) groups excluding carboxylic acids is 3. The lowest BCUT2D eigenvalue weighted by Crippen LogP contribution is -2.52. The fraction of sp³-hybridized carbons (Fsp3) is 0.429. The number of hydrogen-bond donors (Lipinski definition) is 1. The molecule has 1 saturated carbocycles. The molecule has 2 heterocycles. The third kappa shape index (κ3) is 5.05. The first kappa shape index (κ1) is 23.4. The molecule has 182 valence electrons. The van der Waals surface area contributed by atoms with Crippen LogP contribution in [0.4, 0.5) is 5.69 Å². The maximum atomic E-state index is 12.9. The Labute approximate surface area is 206 Å².